The number of anilines is 1. The van der Waals surface area contributed by atoms with Gasteiger partial charge >= 0.3 is 0 Å². The number of nitrogens with zero attached hydrogens (tertiary/aromatic N) is 1. The van der Waals surface area contributed by atoms with Crippen LogP contribution in [0.15, 0.2) is 70.9 Å². The minimum Gasteiger partial charge on any atom is -0.283 e. The maximum Gasteiger partial charge on any atom is 0.257 e. The van der Waals surface area contributed by atoms with Crippen LogP contribution in [0, 0.1) is 0 Å². The molecular weight excluding hydrogens is 318 g/mol. The van der Waals surface area contributed by atoms with Gasteiger partial charge < -0.3 is 0 Å². The summed E-state index contributed by atoms with van der Waals surface area (Å²) < 4.78 is 24.2. The second-order valence-electron chi connectivity index (χ2n) is 4.45. The fourth-order valence-electron chi connectivity index (χ4n) is 1.84. The van der Waals surface area contributed by atoms with Gasteiger partial charge in [0.05, 0.1) is 10.6 Å². The third-order valence-corrected chi connectivity index (χ3v) is 4.94. The van der Waals surface area contributed by atoms with Crippen molar-refractivity contribution >= 4 is 26.5 Å². The third-order valence-electron chi connectivity index (χ3n) is 2.92. The predicted octanol–water partition coefficient (Wildman–Crippen LogP) is 3.12. The Hall–Kier alpha value is -2.22. The topological polar surface area (TPSA) is 71.1 Å². The molecule has 7 heteroatoms. The zero-order valence-electron chi connectivity index (χ0n) is 11.4. The summed E-state index contributed by atoms with van der Waals surface area (Å²) in [4.78, 5) is 6.88. The number of hydrazine groups is 1. The molecule has 0 atom stereocenters. The van der Waals surface area contributed by atoms with Crippen molar-refractivity contribution in [2.45, 2.75) is 4.90 Å². The van der Waals surface area contributed by atoms with E-state index in [1.165, 1.54) is 23.5 Å². The zero-order valence-corrected chi connectivity index (χ0v) is 13.1. The molecule has 0 aliphatic heterocycles. The van der Waals surface area contributed by atoms with E-state index in [1.807, 2.05) is 35.7 Å². The number of hydrogen-bond acceptors (Lipinski definition) is 5. The Morgan fingerprint density at radius 3 is 2.23 bits per heavy atom. The van der Waals surface area contributed by atoms with Crippen molar-refractivity contribution in [2.24, 2.45) is 0 Å². The SMILES string of the molecule is O=S(=O)(NNc1nc(-c2ccccc2)cs1)c1ccccc1. The van der Waals surface area contributed by atoms with Crippen LogP contribution in [0.25, 0.3) is 11.3 Å². The van der Waals surface area contributed by atoms with Gasteiger partial charge in [-0.05, 0) is 12.1 Å². The van der Waals surface area contributed by atoms with Gasteiger partial charge in [0, 0.05) is 10.9 Å². The molecule has 3 rings (SSSR count). The lowest BCUT2D eigenvalue weighted by molar-refractivity contribution is 0.587. The Balaban J connectivity index is 1.72. The number of aromatic nitrogens is 1. The minimum absolute atomic E-state index is 0.197. The fraction of sp³-hybridized carbons (Fsp3) is 0. The number of nitrogens with one attached hydrogen (secondary N) is 2. The van der Waals surface area contributed by atoms with Gasteiger partial charge in [0.15, 0.2) is 5.13 Å². The summed E-state index contributed by atoms with van der Waals surface area (Å²) in [6.07, 6.45) is 0. The summed E-state index contributed by atoms with van der Waals surface area (Å²) >= 11 is 1.33. The molecule has 3 aromatic rings. The van der Waals surface area contributed by atoms with Crippen LogP contribution in [0.3, 0.4) is 0 Å². The maximum absolute atomic E-state index is 12.1. The standard InChI is InChI=1S/C15H13N3O2S2/c19-22(20,13-9-5-2-6-10-13)18-17-15-16-14(11-21-15)12-7-3-1-4-8-12/h1-11,18H,(H,16,17). The molecule has 0 saturated carbocycles. The van der Waals surface area contributed by atoms with Crippen LogP contribution in [-0.4, -0.2) is 13.4 Å². The van der Waals surface area contributed by atoms with Gasteiger partial charge in [-0.2, -0.15) is 0 Å². The van der Waals surface area contributed by atoms with Gasteiger partial charge in [0.2, 0.25) is 0 Å². The lowest BCUT2D eigenvalue weighted by atomic mass is 10.2. The number of hydrogen-bond donors (Lipinski definition) is 2. The lowest BCUT2D eigenvalue weighted by Gasteiger charge is -2.06. The van der Waals surface area contributed by atoms with Gasteiger partial charge in [-0.15, -0.1) is 16.2 Å². The van der Waals surface area contributed by atoms with E-state index < -0.39 is 10.0 Å². The molecule has 0 spiro atoms. The van der Waals surface area contributed by atoms with Crippen molar-refractivity contribution in [2.75, 3.05) is 5.43 Å². The highest BCUT2D eigenvalue weighted by atomic mass is 32.2. The second-order valence-corrected chi connectivity index (χ2v) is 6.99. The molecule has 0 fully saturated rings. The monoisotopic (exact) mass is 331 g/mol. The molecule has 0 radical (unpaired) electrons. The Labute approximate surface area is 132 Å². The highest BCUT2D eigenvalue weighted by molar-refractivity contribution is 7.89. The summed E-state index contributed by atoms with van der Waals surface area (Å²) in [6, 6.07) is 17.9. The first-order chi connectivity index (χ1) is 10.6. The van der Waals surface area contributed by atoms with E-state index in [0.29, 0.717) is 5.13 Å². The van der Waals surface area contributed by atoms with Crippen molar-refractivity contribution in [1.82, 2.24) is 9.82 Å². The molecule has 0 unspecified atom stereocenters. The van der Waals surface area contributed by atoms with Gasteiger partial charge in [0.1, 0.15) is 0 Å². The van der Waals surface area contributed by atoms with Crippen molar-refractivity contribution in [3.05, 3.63) is 66.0 Å². The molecule has 0 amide bonds. The Morgan fingerprint density at radius 2 is 1.55 bits per heavy atom. The van der Waals surface area contributed by atoms with Gasteiger partial charge in [-0.3, -0.25) is 5.43 Å². The van der Waals surface area contributed by atoms with E-state index in [4.69, 9.17) is 0 Å². The van der Waals surface area contributed by atoms with E-state index in [0.717, 1.165) is 11.3 Å². The molecule has 2 N–H and O–H groups in total. The molecule has 2 aromatic carbocycles. The minimum atomic E-state index is -3.61. The van der Waals surface area contributed by atoms with E-state index >= 15 is 0 Å². The number of sulfonamides is 1. The average Bonchev–Trinajstić information content (AvgIpc) is 3.04. The van der Waals surface area contributed by atoms with Crippen LogP contribution in [0.5, 0.6) is 0 Å². The molecule has 5 nitrogen and oxygen atoms in total. The molecule has 0 bridgehead atoms. The van der Waals surface area contributed by atoms with Crippen molar-refractivity contribution < 1.29 is 8.42 Å². The highest BCUT2D eigenvalue weighted by Crippen LogP contribution is 2.24. The van der Waals surface area contributed by atoms with E-state index in [1.54, 1.807) is 18.2 Å². The molecular formula is C15H13N3O2S2. The van der Waals surface area contributed by atoms with Gasteiger partial charge in [-0.1, -0.05) is 48.5 Å². The summed E-state index contributed by atoms with van der Waals surface area (Å²) in [5.41, 5.74) is 4.43. The maximum atomic E-state index is 12.1. The van der Waals surface area contributed by atoms with Gasteiger partial charge in [0.25, 0.3) is 10.0 Å². The van der Waals surface area contributed by atoms with Crippen LogP contribution in [0.2, 0.25) is 0 Å². The Bertz CT molecular complexity index is 847. The summed E-state index contributed by atoms with van der Waals surface area (Å²) in [5, 5.41) is 2.35. The normalized spacial score (nSPS) is 11.3. The highest BCUT2D eigenvalue weighted by Gasteiger charge is 2.13. The summed E-state index contributed by atoms with van der Waals surface area (Å²) in [6.45, 7) is 0. The second kappa shape index (κ2) is 6.27. The van der Waals surface area contributed by atoms with E-state index in [-0.39, 0.29) is 4.90 Å². The third kappa shape index (κ3) is 3.33. The molecule has 0 saturated heterocycles. The molecule has 0 aliphatic rings. The first-order valence-corrected chi connectivity index (χ1v) is 8.85. The number of rotatable bonds is 5. The van der Waals surface area contributed by atoms with E-state index in [2.05, 4.69) is 15.2 Å². The van der Waals surface area contributed by atoms with Crippen LogP contribution >= 0.6 is 11.3 Å². The first-order valence-electron chi connectivity index (χ1n) is 6.49. The van der Waals surface area contributed by atoms with Crippen LogP contribution in [0.4, 0.5) is 5.13 Å². The van der Waals surface area contributed by atoms with E-state index in [9.17, 15) is 8.42 Å². The van der Waals surface area contributed by atoms with Crippen LogP contribution in [0.1, 0.15) is 0 Å². The summed E-state index contributed by atoms with van der Waals surface area (Å²) in [5.74, 6) is 0. The summed E-state index contributed by atoms with van der Waals surface area (Å²) in [7, 11) is -3.61. The molecule has 1 aromatic heterocycles. The largest absolute Gasteiger partial charge is 0.283 e. The van der Waals surface area contributed by atoms with Gasteiger partial charge in [-0.25, -0.2) is 13.4 Å². The lowest BCUT2D eigenvalue weighted by Crippen LogP contribution is -2.29. The zero-order chi connectivity index (χ0) is 15.4. The van der Waals surface area contributed by atoms with Crippen molar-refractivity contribution in [3.8, 4) is 11.3 Å². The molecule has 112 valence electrons. The molecule has 22 heavy (non-hydrogen) atoms. The molecule has 1 heterocycles. The smallest absolute Gasteiger partial charge is 0.257 e. The van der Waals surface area contributed by atoms with Crippen molar-refractivity contribution in [1.29, 1.82) is 0 Å². The first kappa shape index (κ1) is 14.7. The van der Waals surface area contributed by atoms with Crippen LogP contribution in [-0.2, 0) is 10.0 Å². The Morgan fingerprint density at radius 1 is 0.909 bits per heavy atom. The van der Waals surface area contributed by atoms with Crippen LogP contribution < -0.4 is 10.3 Å². The average molecular weight is 331 g/mol. The quantitative estimate of drug-likeness (QED) is 0.705. The predicted molar refractivity (Wildman–Crippen MR) is 87.9 cm³/mol. The number of thiazole rings is 1. The van der Waals surface area contributed by atoms with Crippen molar-refractivity contribution in [3.63, 3.8) is 0 Å². The fourth-order valence-corrected chi connectivity index (χ4v) is 3.44. The molecule has 0 aliphatic carbocycles. The Kier molecular flexibility index (Phi) is 4.19. The number of benzene rings is 2.